The molecule has 0 radical (unpaired) electrons. The number of rotatable bonds is 13. The number of imidazole rings is 1. The minimum Gasteiger partial charge on any atom is -0.453 e. The maximum Gasteiger partial charge on any atom is 0.407 e. The third kappa shape index (κ3) is 9.53. The zero-order chi connectivity index (χ0) is 45.8. The van der Waals surface area contributed by atoms with Gasteiger partial charge in [0.05, 0.1) is 56.0 Å². The number of para-hydroxylation sites is 1. The number of H-pyrrole nitrogens is 1. The summed E-state index contributed by atoms with van der Waals surface area (Å²) < 4.78 is 9.60. The normalized spacial score (nSPS) is 21.6. The fourth-order valence-corrected chi connectivity index (χ4v) is 10.1. The highest BCUT2D eigenvalue weighted by Crippen LogP contribution is 2.47. The Morgan fingerprint density at radius 3 is 1.72 bits per heavy atom. The molecule has 65 heavy (non-hydrogen) atoms. The Kier molecular flexibility index (Phi) is 13.7. The Labute approximate surface area is 381 Å². The summed E-state index contributed by atoms with van der Waals surface area (Å²) in [6, 6.07) is 26.9. The summed E-state index contributed by atoms with van der Waals surface area (Å²) in [6.45, 7) is 8.92. The minimum absolute atomic E-state index is 0.0873. The molecule has 4 aliphatic heterocycles. The monoisotopic (exact) mass is 882 g/mol. The molecule has 6 atom stereocenters. The van der Waals surface area contributed by atoms with Gasteiger partial charge in [-0.05, 0) is 84.7 Å². The molecule has 0 bridgehead atoms. The summed E-state index contributed by atoms with van der Waals surface area (Å²) in [6.07, 6.45) is 8.83. The Bertz CT molecular complexity index is 2390. The first-order valence-electron chi connectivity index (χ1n) is 23.1. The van der Waals surface area contributed by atoms with Crippen molar-refractivity contribution in [3.05, 3.63) is 114 Å². The van der Waals surface area contributed by atoms with E-state index >= 15 is 0 Å². The second-order valence-electron chi connectivity index (χ2n) is 18.3. The fourth-order valence-electron chi connectivity index (χ4n) is 10.1. The number of hydrogen-bond donors (Lipinski definition) is 3. The molecule has 4 amide bonds. The molecule has 0 aliphatic carbocycles. The number of aromatic amines is 1. The Hall–Kier alpha value is -6.44. The van der Waals surface area contributed by atoms with Crippen LogP contribution in [0, 0.1) is 11.8 Å². The second-order valence-corrected chi connectivity index (χ2v) is 18.3. The molecule has 342 valence electrons. The molecule has 3 saturated heterocycles. The van der Waals surface area contributed by atoms with Crippen LogP contribution in [0.15, 0.2) is 96.1 Å². The number of carbonyl (C=O) groups excluding carboxylic acids is 4. The second kappa shape index (κ2) is 19.7. The van der Waals surface area contributed by atoms with Gasteiger partial charge in [0, 0.05) is 30.9 Å². The van der Waals surface area contributed by atoms with Gasteiger partial charge in [-0.1, -0.05) is 101 Å². The van der Waals surface area contributed by atoms with Crippen molar-refractivity contribution in [3.8, 4) is 11.3 Å². The summed E-state index contributed by atoms with van der Waals surface area (Å²) in [5.74, 6) is 0.325. The molecule has 0 saturated carbocycles. The van der Waals surface area contributed by atoms with Gasteiger partial charge in [-0.25, -0.2) is 14.6 Å². The van der Waals surface area contributed by atoms with Crippen LogP contribution >= 0.6 is 0 Å². The molecule has 3 aromatic carbocycles. The average molecular weight is 883 g/mol. The van der Waals surface area contributed by atoms with Crippen molar-refractivity contribution < 1.29 is 28.7 Å². The smallest absolute Gasteiger partial charge is 0.407 e. The van der Waals surface area contributed by atoms with E-state index in [0.29, 0.717) is 19.5 Å². The van der Waals surface area contributed by atoms with Crippen molar-refractivity contribution in [2.24, 2.45) is 16.8 Å². The Morgan fingerprint density at radius 1 is 0.662 bits per heavy atom. The number of ether oxygens (including phenoxy) is 2. The highest BCUT2D eigenvalue weighted by molar-refractivity contribution is 6.02. The Balaban J connectivity index is 0.957. The lowest BCUT2D eigenvalue weighted by molar-refractivity contribution is -0.135. The van der Waals surface area contributed by atoms with E-state index in [1.165, 1.54) is 31.0 Å². The highest BCUT2D eigenvalue weighted by Gasteiger charge is 2.40. The first kappa shape index (κ1) is 45.1. The van der Waals surface area contributed by atoms with Gasteiger partial charge in [0.1, 0.15) is 17.9 Å². The van der Waals surface area contributed by atoms with Crippen molar-refractivity contribution in [1.29, 1.82) is 0 Å². The van der Waals surface area contributed by atoms with Crippen LogP contribution in [-0.2, 0) is 19.1 Å². The zero-order valence-electron chi connectivity index (χ0n) is 38.3. The Morgan fingerprint density at radius 2 is 1.18 bits per heavy atom. The van der Waals surface area contributed by atoms with E-state index < -0.39 is 24.3 Å². The lowest BCUT2D eigenvalue weighted by Crippen LogP contribution is -2.53. The maximum absolute atomic E-state index is 13.7. The van der Waals surface area contributed by atoms with Gasteiger partial charge in [0.2, 0.25) is 11.8 Å². The molecule has 5 heterocycles. The molecular formula is C51H62N8O6. The molecule has 1 aromatic heterocycles. The average Bonchev–Trinajstić information content (AvgIpc) is 4.19. The van der Waals surface area contributed by atoms with E-state index in [1.807, 2.05) is 43.7 Å². The number of nitrogens with one attached hydrogen (secondary N) is 3. The fraction of sp³-hybridized carbons (Fsp3) is 0.451. The number of amides is 4. The van der Waals surface area contributed by atoms with Crippen LogP contribution < -0.4 is 15.5 Å². The standard InChI is InChI=1S/C51H62N8O6/c1-31(2)45(55-50(62)64-5)48(60)57-28-10-14-43(57)39-25-24-38(53-39)33-16-20-35(21-17-33)41-26-27-42(59(41)37-12-8-7-9-13-37)36-22-18-34(19-23-36)40-30-52-47(54-40)44-15-11-29-58(44)49(61)46(32(3)4)56-51(63)65-6/h7-9,12-13,16-24,30-32,41-46H,10-11,14-15,25-29H2,1-6H3,(H,52,54)(H,55,62)(H,56,63)/t41-,42+,43-,44-,45-,46-/m0/s1. The molecule has 4 aromatic rings. The lowest BCUT2D eigenvalue weighted by atomic mass is 10.0. The summed E-state index contributed by atoms with van der Waals surface area (Å²) in [7, 11) is 2.61. The van der Waals surface area contributed by atoms with Crippen LogP contribution in [0.1, 0.15) is 113 Å². The summed E-state index contributed by atoms with van der Waals surface area (Å²) >= 11 is 0. The molecule has 0 spiro atoms. The number of aliphatic imine (C=N–C) groups is 1. The van der Waals surface area contributed by atoms with Crippen LogP contribution in [0.3, 0.4) is 0 Å². The number of methoxy groups -OCH3 is 2. The minimum atomic E-state index is -0.688. The van der Waals surface area contributed by atoms with Crippen LogP contribution in [0.5, 0.6) is 0 Å². The zero-order valence-corrected chi connectivity index (χ0v) is 38.3. The number of allylic oxidation sites excluding steroid dienone is 1. The number of aromatic nitrogens is 2. The van der Waals surface area contributed by atoms with E-state index in [-0.39, 0.29) is 47.8 Å². The first-order chi connectivity index (χ1) is 31.4. The van der Waals surface area contributed by atoms with Crippen LogP contribution in [0.2, 0.25) is 0 Å². The van der Waals surface area contributed by atoms with Gasteiger partial charge in [0.15, 0.2) is 0 Å². The molecule has 14 heteroatoms. The number of benzene rings is 3. The summed E-state index contributed by atoms with van der Waals surface area (Å²) in [4.78, 5) is 71.2. The number of carbonyl (C=O) groups is 4. The van der Waals surface area contributed by atoms with Crippen LogP contribution in [-0.4, -0.2) is 94.9 Å². The highest BCUT2D eigenvalue weighted by atomic mass is 16.5. The SMILES string of the molecule is COC(=O)N[C@H](C(=O)N1CCC[C@H]1C1=NC(c2ccc([C@@H]3CC[C@H](c4ccc(-c5cnc([C@@H]6CCCN6C(=O)[C@@H](NC(=O)OC)C(C)C)[nH]5)cc4)N3c3ccccc3)cc2)=CC1)C(C)C. The number of hydrogen-bond acceptors (Lipinski definition) is 9. The van der Waals surface area contributed by atoms with E-state index in [1.54, 1.807) is 0 Å². The van der Waals surface area contributed by atoms with E-state index in [0.717, 1.165) is 72.6 Å². The van der Waals surface area contributed by atoms with Crippen molar-refractivity contribution >= 4 is 41.1 Å². The van der Waals surface area contributed by atoms with Crippen molar-refractivity contribution in [3.63, 3.8) is 0 Å². The molecular weight excluding hydrogens is 821 g/mol. The van der Waals surface area contributed by atoms with Gasteiger partial charge in [-0.3, -0.25) is 14.6 Å². The predicted molar refractivity (Wildman–Crippen MR) is 251 cm³/mol. The predicted octanol–water partition coefficient (Wildman–Crippen LogP) is 8.76. The lowest BCUT2D eigenvalue weighted by Gasteiger charge is -2.33. The summed E-state index contributed by atoms with van der Waals surface area (Å²) in [5.41, 5.74) is 8.52. The number of anilines is 1. The van der Waals surface area contributed by atoms with E-state index in [4.69, 9.17) is 19.5 Å². The van der Waals surface area contributed by atoms with E-state index in [9.17, 15) is 19.2 Å². The van der Waals surface area contributed by atoms with Gasteiger partial charge in [-0.2, -0.15) is 0 Å². The molecule has 8 rings (SSSR count). The van der Waals surface area contributed by atoms with Crippen molar-refractivity contribution in [2.75, 3.05) is 32.2 Å². The third-order valence-electron chi connectivity index (χ3n) is 13.6. The van der Waals surface area contributed by atoms with Crippen LogP contribution in [0.25, 0.3) is 17.0 Å². The molecule has 14 nitrogen and oxygen atoms in total. The number of likely N-dealkylation sites (tertiary alicyclic amines) is 2. The maximum atomic E-state index is 13.7. The molecule has 3 N–H and O–H groups in total. The van der Waals surface area contributed by atoms with Crippen LogP contribution in [0.4, 0.5) is 15.3 Å². The first-order valence-corrected chi connectivity index (χ1v) is 23.1. The molecule has 3 fully saturated rings. The number of nitrogens with zero attached hydrogens (tertiary/aromatic N) is 5. The van der Waals surface area contributed by atoms with Gasteiger partial charge in [-0.15, -0.1) is 0 Å². The van der Waals surface area contributed by atoms with Crippen molar-refractivity contribution in [2.45, 2.75) is 109 Å². The van der Waals surface area contributed by atoms with Gasteiger partial charge in [0.25, 0.3) is 0 Å². The number of alkyl carbamates (subject to hydrolysis) is 2. The van der Waals surface area contributed by atoms with Crippen molar-refractivity contribution in [1.82, 2.24) is 30.4 Å². The molecule has 4 aliphatic rings. The molecule has 0 unspecified atom stereocenters. The van der Waals surface area contributed by atoms with Gasteiger partial charge < -0.3 is 39.8 Å². The largest absolute Gasteiger partial charge is 0.453 e. The summed E-state index contributed by atoms with van der Waals surface area (Å²) in [5, 5.41) is 5.46. The quantitative estimate of drug-likeness (QED) is 0.120. The topological polar surface area (TPSA) is 162 Å². The van der Waals surface area contributed by atoms with Gasteiger partial charge >= 0.3 is 12.2 Å². The third-order valence-corrected chi connectivity index (χ3v) is 13.6. The van der Waals surface area contributed by atoms with E-state index in [2.05, 4.69) is 105 Å².